The number of nitrogens with two attached hydrogens (primary N) is 1. The summed E-state index contributed by atoms with van der Waals surface area (Å²) in [6.45, 7) is 0. The number of benzene rings is 2. The van der Waals surface area contributed by atoms with Crippen LogP contribution in [0.15, 0.2) is 42.5 Å². The van der Waals surface area contributed by atoms with E-state index < -0.39 is 0 Å². The number of carbonyl (C=O) groups excluding carboxylic acids is 1. The zero-order valence-electron chi connectivity index (χ0n) is 12.0. The van der Waals surface area contributed by atoms with Crippen molar-refractivity contribution in [2.75, 3.05) is 12.8 Å². The van der Waals surface area contributed by atoms with E-state index in [0.717, 1.165) is 0 Å². The van der Waals surface area contributed by atoms with E-state index in [4.69, 9.17) is 11.1 Å². The van der Waals surface area contributed by atoms with E-state index in [1.54, 1.807) is 37.4 Å². The normalized spacial score (nSPS) is 10.6. The Bertz CT molecular complexity index is 881. The second kappa shape index (κ2) is 5.33. The third-order valence-electron chi connectivity index (χ3n) is 3.44. The number of aromatic amines is 1. The number of carbonyl (C=O) groups is 1. The average Bonchev–Trinajstić information content (AvgIpc) is 2.97. The molecule has 3 aromatic rings. The van der Waals surface area contributed by atoms with Gasteiger partial charge in [-0.15, -0.1) is 0 Å². The zero-order chi connectivity index (χ0) is 15.7. The molecular formula is C16H15N5O. The third kappa shape index (κ3) is 2.31. The van der Waals surface area contributed by atoms with Gasteiger partial charge in [-0.25, -0.2) is 4.98 Å². The van der Waals surface area contributed by atoms with Crippen LogP contribution in [0.4, 0.5) is 5.69 Å². The molecule has 0 saturated carbocycles. The van der Waals surface area contributed by atoms with E-state index >= 15 is 0 Å². The van der Waals surface area contributed by atoms with Gasteiger partial charge >= 0.3 is 0 Å². The molecule has 110 valence electrons. The van der Waals surface area contributed by atoms with Crippen LogP contribution in [-0.4, -0.2) is 28.6 Å². The van der Waals surface area contributed by atoms with Crippen molar-refractivity contribution < 1.29 is 4.79 Å². The molecule has 22 heavy (non-hydrogen) atoms. The number of H-pyrrole nitrogens is 1. The number of nitrogens with zero attached hydrogens (tertiary/aromatic N) is 1. The summed E-state index contributed by atoms with van der Waals surface area (Å²) in [4.78, 5) is 19.1. The van der Waals surface area contributed by atoms with Gasteiger partial charge in [0.2, 0.25) is 0 Å². The zero-order valence-corrected chi connectivity index (χ0v) is 12.0. The highest BCUT2D eigenvalue weighted by atomic mass is 16.1. The van der Waals surface area contributed by atoms with Gasteiger partial charge in [0.05, 0.1) is 11.0 Å². The largest absolute Gasteiger partial charge is 0.398 e. The number of imidazole rings is 1. The molecule has 0 fully saturated rings. The lowest BCUT2D eigenvalue weighted by Crippen LogP contribution is -2.17. The molecule has 1 heterocycles. The number of nitrogen functional groups attached to an aromatic ring is 1. The van der Waals surface area contributed by atoms with Gasteiger partial charge in [0, 0.05) is 23.9 Å². The Labute approximate surface area is 126 Å². The lowest BCUT2D eigenvalue weighted by atomic mass is 10.1. The van der Waals surface area contributed by atoms with Crippen LogP contribution in [0.2, 0.25) is 0 Å². The minimum absolute atomic E-state index is 0.166. The van der Waals surface area contributed by atoms with E-state index in [0.29, 0.717) is 33.7 Å². The van der Waals surface area contributed by atoms with Gasteiger partial charge < -0.3 is 16.0 Å². The number of hydrogen-bond donors (Lipinski definition) is 4. The second-order valence-corrected chi connectivity index (χ2v) is 4.86. The molecule has 1 aromatic heterocycles. The summed E-state index contributed by atoms with van der Waals surface area (Å²) in [7, 11) is 1.58. The van der Waals surface area contributed by atoms with Crippen LogP contribution in [0.5, 0.6) is 0 Å². The number of rotatable bonds is 3. The number of fused-ring (bicyclic) bond motifs is 1. The smallest absolute Gasteiger partial charge is 0.251 e. The standard InChI is InChI=1S/C16H15N5O/c1-19-16(22)9-6-7-12-13(8-9)21-15(20-12)14(18)10-4-2-3-5-11(10)17/h2-8,18H,17H2,1H3,(H,19,22)(H,20,21). The number of nitrogens with one attached hydrogen (secondary N) is 3. The van der Waals surface area contributed by atoms with Crippen molar-refractivity contribution in [3.63, 3.8) is 0 Å². The highest BCUT2D eigenvalue weighted by Gasteiger charge is 2.13. The fraction of sp³-hybridized carbons (Fsp3) is 0.0625. The third-order valence-corrected chi connectivity index (χ3v) is 3.44. The number of para-hydroxylation sites is 1. The van der Waals surface area contributed by atoms with Crippen molar-refractivity contribution >= 4 is 28.3 Å². The minimum Gasteiger partial charge on any atom is -0.398 e. The number of anilines is 1. The fourth-order valence-electron chi connectivity index (χ4n) is 2.27. The Morgan fingerprint density at radius 3 is 2.77 bits per heavy atom. The van der Waals surface area contributed by atoms with Crippen LogP contribution in [0.1, 0.15) is 21.7 Å². The van der Waals surface area contributed by atoms with Crippen molar-refractivity contribution in [2.24, 2.45) is 0 Å². The second-order valence-electron chi connectivity index (χ2n) is 4.86. The molecular weight excluding hydrogens is 278 g/mol. The summed E-state index contributed by atoms with van der Waals surface area (Å²) in [6.07, 6.45) is 0. The van der Waals surface area contributed by atoms with Crippen molar-refractivity contribution in [3.05, 3.63) is 59.4 Å². The lowest BCUT2D eigenvalue weighted by molar-refractivity contribution is 0.0963. The summed E-state index contributed by atoms with van der Waals surface area (Å²) in [5, 5.41) is 10.8. The molecule has 0 aliphatic carbocycles. The Morgan fingerprint density at radius 2 is 2.05 bits per heavy atom. The van der Waals surface area contributed by atoms with E-state index in [-0.39, 0.29) is 11.6 Å². The molecule has 0 aliphatic rings. The van der Waals surface area contributed by atoms with Gasteiger partial charge in [-0.2, -0.15) is 0 Å². The monoisotopic (exact) mass is 293 g/mol. The average molecular weight is 293 g/mol. The van der Waals surface area contributed by atoms with Crippen molar-refractivity contribution in [1.29, 1.82) is 5.41 Å². The topological polar surface area (TPSA) is 108 Å². The van der Waals surface area contributed by atoms with Gasteiger partial charge in [-0.05, 0) is 24.3 Å². The fourth-order valence-corrected chi connectivity index (χ4v) is 2.27. The number of amides is 1. The number of aromatic nitrogens is 2. The minimum atomic E-state index is -0.166. The van der Waals surface area contributed by atoms with E-state index in [9.17, 15) is 4.79 Å². The molecule has 0 saturated heterocycles. The lowest BCUT2D eigenvalue weighted by Gasteiger charge is -2.04. The van der Waals surface area contributed by atoms with Gasteiger partial charge in [-0.3, -0.25) is 10.2 Å². The molecule has 5 N–H and O–H groups in total. The molecule has 0 radical (unpaired) electrons. The van der Waals surface area contributed by atoms with Gasteiger partial charge in [0.25, 0.3) is 5.91 Å². The molecule has 2 aromatic carbocycles. The predicted octanol–water partition coefficient (Wildman–Crippen LogP) is 1.92. The van der Waals surface area contributed by atoms with Crippen LogP contribution in [0, 0.1) is 5.41 Å². The maximum Gasteiger partial charge on any atom is 0.251 e. The number of hydrogen-bond acceptors (Lipinski definition) is 4. The van der Waals surface area contributed by atoms with Gasteiger partial charge in [0.1, 0.15) is 5.71 Å². The molecule has 0 spiro atoms. The van der Waals surface area contributed by atoms with Crippen LogP contribution in [-0.2, 0) is 0 Å². The molecule has 0 bridgehead atoms. The summed E-state index contributed by atoms with van der Waals surface area (Å²) in [5.41, 5.74) is 9.20. The first kappa shape index (κ1) is 13.8. The Kier molecular flexibility index (Phi) is 3.34. The van der Waals surface area contributed by atoms with Crippen molar-refractivity contribution in [3.8, 4) is 0 Å². The first-order chi connectivity index (χ1) is 10.6. The summed E-state index contributed by atoms with van der Waals surface area (Å²) >= 11 is 0. The Balaban J connectivity index is 2.04. The molecule has 1 amide bonds. The molecule has 0 unspecified atom stereocenters. The van der Waals surface area contributed by atoms with Crippen LogP contribution < -0.4 is 11.1 Å². The molecule has 6 heteroatoms. The van der Waals surface area contributed by atoms with Gasteiger partial charge in [0.15, 0.2) is 5.82 Å². The Morgan fingerprint density at radius 1 is 1.27 bits per heavy atom. The maximum absolute atomic E-state index is 11.7. The summed E-state index contributed by atoms with van der Waals surface area (Å²) in [5.74, 6) is 0.252. The summed E-state index contributed by atoms with van der Waals surface area (Å²) in [6, 6.07) is 12.3. The van der Waals surface area contributed by atoms with E-state index in [2.05, 4.69) is 15.3 Å². The Hall–Kier alpha value is -3.15. The first-order valence-electron chi connectivity index (χ1n) is 6.76. The highest BCUT2D eigenvalue weighted by molar-refractivity contribution is 6.12. The highest BCUT2D eigenvalue weighted by Crippen LogP contribution is 2.18. The SMILES string of the molecule is CNC(=O)c1ccc2nc(C(=N)c3ccccc3N)[nH]c2c1. The molecule has 3 rings (SSSR count). The summed E-state index contributed by atoms with van der Waals surface area (Å²) < 4.78 is 0. The van der Waals surface area contributed by atoms with Crippen LogP contribution >= 0.6 is 0 Å². The molecule has 0 atom stereocenters. The predicted molar refractivity (Wildman–Crippen MR) is 86.3 cm³/mol. The first-order valence-corrected chi connectivity index (χ1v) is 6.76. The van der Waals surface area contributed by atoms with Crippen molar-refractivity contribution in [2.45, 2.75) is 0 Å². The van der Waals surface area contributed by atoms with Crippen LogP contribution in [0.3, 0.4) is 0 Å². The quantitative estimate of drug-likeness (QED) is 0.437. The molecule has 0 aliphatic heterocycles. The molecule has 6 nitrogen and oxygen atoms in total. The van der Waals surface area contributed by atoms with Crippen LogP contribution in [0.25, 0.3) is 11.0 Å². The van der Waals surface area contributed by atoms with Gasteiger partial charge in [-0.1, -0.05) is 18.2 Å². The van der Waals surface area contributed by atoms with E-state index in [1.165, 1.54) is 0 Å². The maximum atomic E-state index is 11.7. The van der Waals surface area contributed by atoms with E-state index in [1.807, 2.05) is 12.1 Å². The van der Waals surface area contributed by atoms with Crippen molar-refractivity contribution in [1.82, 2.24) is 15.3 Å².